The van der Waals surface area contributed by atoms with Crippen LogP contribution in [0.3, 0.4) is 0 Å². The van der Waals surface area contributed by atoms with Gasteiger partial charge in [0.05, 0.1) is 0 Å². The molecule has 0 saturated carbocycles. The summed E-state index contributed by atoms with van der Waals surface area (Å²) >= 11 is 5.10. The van der Waals surface area contributed by atoms with Crippen LogP contribution in [0.5, 0.6) is 0 Å². The van der Waals surface area contributed by atoms with Crippen LogP contribution in [0.2, 0.25) is 0 Å². The van der Waals surface area contributed by atoms with E-state index >= 15 is 0 Å². The minimum atomic E-state index is -3.60. The summed E-state index contributed by atoms with van der Waals surface area (Å²) in [5.74, 6) is 0. The van der Waals surface area contributed by atoms with Crippen LogP contribution in [-0.2, 0) is 13.6 Å². The third kappa shape index (κ3) is 2.34. The Balaban J connectivity index is 1.92. The van der Waals surface area contributed by atoms with Gasteiger partial charge in [-0.05, 0) is 0 Å². The topological polar surface area (TPSA) is 0 Å². The fraction of sp³-hybridized carbons (Fsp3) is 0.150. The van der Waals surface area contributed by atoms with Crippen LogP contribution in [0.25, 0.3) is 12.2 Å². The Bertz CT molecular complexity index is 847. The molecule has 4 rings (SSSR count). The molecular formula is C20H18Br2Zr. The van der Waals surface area contributed by atoms with Gasteiger partial charge in [-0.25, -0.2) is 0 Å². The first-order valence-electron chi connectivity index (χ1n) is 7.96. The van der Waals surface area contributed by atoms with Gasteiger partial charge in [0.1, 0.15) is 0 Å². The number of benzene rings is 2. The zero-order valence-electron chi connectivity index (χ0n) is 12.9. The number of hydrogen-bond donors (Lipinski definition) is 0. The summed E-state index contributed by atoms with van der Waals surface area (Å²) in [6, 6.07) is 17.6. The Hall–Kier alpha value is -0.367. The third-order valence-electron chi connectivity index (χ3n) is 5.34. The molecule has 0 aromatic heterocycles. The van der Waals surface area contributed by atoms with Gasteiger partial charge >= 0.3 is 151 Å². The summed E-state index contributed by atoms with van der Waals surface area (Å²) in [5, 5.41) is 0. The first-order chi connectivity index (χ1) is 11.0. The Morgan fingerprint density at radius 2 is 1.22 bits per heavy atom. The third-order valence-corrected chi connectivity index (χ3v) is 33.5. The summed E-state index contributed by atoms with van der Waals surface area (Å²) in [4.78, 5) is 0. The van der Waals surface area contributed by atoms with Crippen LogP contribution in [0.1, 0.15) is 36.4 Å². The average Bonchev–Trinajstić information content (AvgIpc) is 3.20. The fourth-order valence-electron chi connectivity index (χ4n) is 4.01. The van der Waals surface area contributed by atoms with E-state index in [1.54, 1.807) is 0 Å². The molecule has 3 heteroatoms. The molecular weight excluding hydrogens is 491 g/mol. The Morgan fingerprint density at radius 3 is 1.65 bits per heavy atom. The van der Waals surface area contributed by atoms with Crippen LogP contribution >= 0.6 is 24.4 Å². The van der Waals surface area contributed by atoms with Crippen molar-refractivity contribution in [2.45, 2.75) is 14.2 Å². The van der Waals surface area contributed by atoms with E-state index in [9.17, 15) is 0 Å². The van der Waals surface area contributed by atoms with Crippen molar-refractivity contribution in [2.24, 2.45) is 0 Å². The van der Waals surface area contributed by atoms with Gasteiger partial charge in [0, 0.05) is 0 Å². The van der Waals surface area contributed by atoms with E-state index in [0.29, 0.717) is 7.25 Å². The molecule has 2 unspecified atom stereocenters. The van der Waals surface area contributed by atoms with Crippen molar-refractivity contribution in [1.29, 1.82) is 0 Å². The first kappa shape index (κ1) is 16.1. The molecule has 0 spiro atoms. The van der Waals surface area contributed by atoms with E-state index in [1.165, 1.54) is 22.3 Å². The van der Waals surface area contributed by atoms with Crippen LogP contribution < -0.4 is 0 Å². The molecule has 0 heterocycles. The van der Waals surface area contributed by atoms with Gasteiger partial charge in [-0.3, -0.25) is 0 Å². The molecule has 2 aromatic carbocycles. The number of hydrogen-bond acceptors (Lipinski definition) is 0. The second-order valence-corrected chi connectivity index (χ2v) is 44.2. The van der Waals surface area contributed by atoms with Crippen molar-refractivity contribution in [2.75, 3.05) is 0 Å². The zero-order chi connectivity index (χ0) is 16.1. The van der Waals surface area contributed by atoms with E-state index < -0.39 is 13.6 Å². The molecule has 0 bridgehead atoms. The van der Waals surface area contributed by atoms with Gasteiger partial charge in [0.25, 0.3) is 0 Å². The van der Waals surface area contributed by atoms with E-state index in [4.69, 9.17) is 0 Å². The van der Waals surface area contributed by atoms with E-state index in [2.05, 4.69) is 108 Å². The van der Waals surface area contributed by atoms with Crippen LogP contribution in [0.4, 0.5) is 0 Å². The summed E-state index contributed by atoms with van der Waals surface area (Å²) in [6.45, 7) is 2.22. The minimum absolute atomic E-state index is 0.429. The van der Waals surface area contributed by atoms with Crippen LogP contribution in [0, 0.1) is 0 Å². The Morgan fingerprint density at radius 1 is 0.783 bits per heavy atom. The SMILES string of the molecule is C[CH]=[Zr]([Br])([Br])([CH]1C=Cc2ccccc21)[CH]1C=Cc2ccccc21. The van der Waals surface area contributed by atoms with Gasteiger partial charge in [-0.1, -0.05) is 0 Å². The zero-order valence-corrected chi connectivity index (χ0v) is 18.5. The van der Waals surface area contributed by atoms with Crippen molar-refractivity contribution in [1.82, 2.24) is 0 Å². The van der Waals surface area contributed by atoms with Crippen molar-refractivity contribution < 1.29 is 13.6 Å². The van der Waals surface area contributed by atoms with E-state index in [0.717, 1.165) is 0 Å². The van der Waals surface area contributed by atoms with Crippen molar-refractivity contribution in [3.8, 4) is 0 Å². The van der Waals surface area contributed by atoms with Crippen LogP contribution in [-0.4, -0.2) is 3.71 Å². The van der Waals surface area contributed by atoms with Crippen molar-refractivity contribution >= 4 is 40.3 Å². The fourth-order valence-corrected chi connectivity index (χ4v) is 22.7. The van der Waals surface area contributed by atoms with Gasteiger partial charge in [0.2, 0.25) is 0 Å². The average molecular weight is 509 g/mol. The normalized spacial score (nSPS) is 22.1. The Labute approximate surface area is 149 Å². The second kappa shape index (κ2) is 5.58. The molecule has 116 valence electrons. The molecule has 0 N–H and O–H groups in total. The van der Waals surface area contributed by atoms with Gasteiger partial charge in [-0.15, -0.1) is 0 Å². The van der Waals surface area contributed by atoms with Gasteiger partial charge in [-0.2, -0.15) is 0 Å². The molecule has 2 atom stereocenters. The molecule has 0 fully saturated rings. The summed E-state index contributed by atoms with van der Waals surface area (Å²) in [5.41, 5.74) is 5.60. The standard InChI is InChI=1S/2C9H7.C2H4.2BrH.Zr/c2*1-2-5-9-7-3-6-8(9)4-1;1-2;;;/h2*1-7H;1H,2H3;2*1H;/q;;;;;+2/p-2. The molecule has 23 heavy (non-hydrogen) atoms. The summed E-state index contributed by atoms with van der Waals surface area (Å²) in [7, 11) is 0. The number of rotatable bonds is 2. The van der Waals surface area contributed by atoms with Crippen molar-refractivity contribution in [3.63, 3.8) is 0 Å². The maximum atomic E-state index is 4.35. The molecule has 0 amide bonds. The molecule has 0 radical (unpaired) electrons. The quantitative estimate of drug-likeness (QED) is 0.425. The molecule has 0 aliphatic heterocycles. The predicted octanol–water partition coefficient (Wildman–Crippen LogP) is 6.65. The Kier molecular flexibility index (Phi) is 3.91. The maximum absolute atomic E-state index is 4.35. The summed E-state index contributed by atoms with van der Waals surface area (Å²) < 4.78 is 3.33. The molecule has 2 aromatic rings. The second-order valence-electron chi connectivity index (χ2n) is 6.45. The molecule has 2 aliphatic carbocycles. The monoisotopic (exact) mass is 506 g/mol. The molecule has 2 aliphatic rings. The van der Waals surface area contributed by atoms with E-state index in [-0.39, 0.29) is 0 Å². The number of allylic oxidation sites excluding steroid dienone is 2. The predicted molar refractivity (Wildman–Crippen MR) is 106 cm³/mol. The van der Waals surface area contributed by atoms with Crippen LogP contribution in [0.15, 0.2) is 60.7 Å². The molecule has 0 nitrogen and oxygen atoms in total. The first-order valence-corrected chi connectivity index (χ1v) is 23.5. The van der Waals surface area contributed by atoms with Gasteiger partial charge < -0.3 is 0 Å². The summed E-state index contributed by atoms with van der Waals surface area (Å²) in [6.07, 6.45) is 9.36. The van der Waals surface area contributed by atoms with Gasteiger partial charge in [0.15, 0.2) is 0 Å². The number of fused-ring (bicyclic) bond motifs is 2. The van der Waals surface area contributed by atoms with Crippen molar-refractivity contribution in [3.05, 3.63) is 82.9 Å². The van der Waals surface area contributed by atoms with E-state index in [1.807, 2.05) is 0 Å². The number of halogens is 2. The molecule has 0 saturated heterocycles.